The number of aromatic nitrogens is 3. The van der Waals surface area contributed by atoms with E-state index in [0.29, 0.717) is 43.8 Å². The number of amides is 2. The van der Waals surface area contributed by atoms with E-state index in [4.69, 9.17) is 34.8 Å². The van der Waals surface area contributed by atoms with Gasteiger partial charge in [-0.05, 0) is 45.0 Å². The third-order valence-corrected chi connectivity index (χ3v) is 6.69. The Labute approximate surface area is 211 Å². The number of carbonyl (C=O) groups is 2. The van der Waals surface area contributed by atoms with Crippen LogP contribution in [0.1, 0.15) is 41.6 Å². The smallest absolute Gasteiger partial charge is 0.251 e. The summed E-state index contributed by atoms with van der Waals surface area (Å²) in [4.78, 5) is 25.0. The second-order valence-corrected chi connectivity index (χ2v) is 9.40. The molecule has 0 spiro atoms. The molecule has 0 radical (unpaired) electrons. The minimum atomic E-state index is -0.372. The van der Waals surface area contributed by atoms with Crippen LogP contribution in [-0.4, -0.2) is 32.3 Å². The number of nitrogens with zero attached hydrogens (tertiary/aromatic N) is 3. The predicted octanol–water partition coefficient (Wildman–Crippen LogP) is 5.79. The molecule has 0 aliphatic heterocycles. The summed E-state index contributed by atoms with van der Waals surface area (Å²) >= 11 is 19.3. The number of hydrogen-bond donors (Lipinski definition) is 2. The Bertz CT molecular complexity index is 1180. The number of anilines is 1. The van der Waals surface area contributed by atoms with Gasteiger partial charge in [0.1, 0.15) is 0 Å². The molecule has 1 atom stereocenters. The number of rotatable bonds is 8. The van der Waals surface area contributed by atoms with Gasteiger partial charge in [0, 0.05) is 12.1 Å². The minimum Gasteiger partial charge on any atom is -0.342 e. The number of thioether (sulfide) groups is 1. The van der Waals surface area contributed by atoms with E-state index in [9.17, 15) is 9.59 Å². The van der Waals surface area contributed by atoms with Crippen LogP contribution in [0.4, 0.5) is 5.69 Å². The first kappa shape index (κ1) is 25.4. The van der Waals surface area contributed by atoms with E-state index < -0.39 is 0 Å². The van der Waals surface area contributed by atoms with Crippen molar-refractivity contribution < 1.29 is 9.59 Å². The minimum absolute atomic E-state index is 0.0821. The lowest BCUT2D eigenvalue weighted by Crippen LogP contribution is -2.28. The number of hydrogen-bond acceptors (Lipinski definition) is 5. The normalized spacial score (nSPS) is 11.8. The summed E-state index contributed by atoms with van der Waals surface area (Å²) in [6.45, 7) is 6.30. The molecule has 7 nitrogen and oxygen atoms in total. The van der Waals surface area contributed by atoms with Gasteiger partial charge in [-0.25, -0.2) is 0 Å². The predicted molar refractivity (Wildman–Crippen MR) is 134 cm³/mol. The van der Waals surface area contributed by atoms with Gasteiger partial charge in [0.15, 0.2) is 11.0 Å². The molecule has 0 unspecified atom stereocenters. The fraction of sp³-hybridized carbons (Fsp3) is 0.273. The summed E-state index contributed by atoms with van der Waals surface area (Å²) in [7, 11) is 0. The van der Waals surface area contributed by atoms with Crippen molar-refractivity contribution in [3.8, 4) is 0 Å². The van der Waals surface area contributed by atoms with E-state index in [0.717, 1.165) is 5.56 Å². The fourth-order valence-corrected chi connectivity index (χ4v) is 4.49. The van der Waals surface area contributed by atoms with Gasteiger partial charge in [0.05, 0.1) is 32.5 Å². The maximum absolute atomic E-state index is 12.6. The lowest BCUT2D eigenvalue weighted by Gasteiger charge is -2.15. The van der Waals surface area contributed by atoms with Crippen molar-refractivity contribution in [2.75, 3.05) is 11.1 Å². The molecule has 3 rings (SSSR count). The monoisotopic (exact) mass is 525 g/mol. The van der Waals surface area contributed by atoms with E-state index >= 15 is 0 Å². The number of nitrogens with one attached hydrogen (secondary N) is 2. The zero-order chi connectivity index (χ0) is 24.1. The Morgan fingerprint density at radius 1 is 1.09 bits per heavy atom. The Balaban J connectivity index is 1.64. The van der Waals surface area contributed by atoms with Crippen LogP contribution in [0.5, 0.6) is 0 Å². The third-order valence-electron chi connectivity index (χ3n) is 4.69. The lowest BCUT2D eigenvalue weighted by molar-refractivity contribution is -0.113. The van der Waals surface area contributed by atoms with Crippen molar-refractivity contribution in [2.45, 2.75) is 38.5 Å². The average molecular weight is 527 g/mol. The Morgan fingerprint density at radius 3 is 2.52 bits per heavy atom. The molecule has 11 heteroatoms. The molecule has 0 saturated heterocycles. The first-order valence-electron chi connectivity index (χ1n) is 10.1. The van der Waals surface area contributed by atoms with E-state index in [1.807, 2.05) is 43.5 Å². The van der Waals surface area contributed by atoms with Crippen molar-refractivity contribution in [1.29, 1.82) is 0 Å². The number of benzene rings is 2. The summed E-state index contributed by atoms with van der Waals surface area (Å²) in [5, 5.41) is 15.6. The van der Waals surface area contributed by atoms with Gasteiger partial charge in [0.2, 0.25) is 5.91 Å². The molecule has 0 bridgehead atoms. The summed E-state index contributed by atoms with van der Waals surface area (Å²) in [5.74, 6) is 0.213. The van der Waals surface area contributed by atoms with Crippen molar-refractivity contribution in [3.63, 3.8) is 0 Å². The fourth-order valence-electron chi connectivity index (χ4n) is 3.09. The zero-order valence-electron chi connectivity index (χ0n) is 18.2. The largest absolute Gasteiger partial charge is 0.342 e. The molecule has 0 saturated carbocycles. The highest BCUT2D eigenvalue weighted by Gasteiger charge is 2.20. The van der Waals surface area contributed by atoms with Gasteiger partial charge in [-0.3, -0.25) is 9.59 Å². The van der Waals surface area contributed by atoms with Crippen LogP contribution in [0.3, 0.4) is 0 Å². The molecule has 0 aliphatic rings. The zero-order valence-corrected chi connectivity index (χ0v) is 21.2. The van der Waals surface area contributed by atoms with Gasteiger partial charge in [-0.15, -0.1) is 10.2 Å². The van der Waals surface area contributed by atoms with Crippen LogP contribution in [0.2, 0.25) is 15.1 Å². The molecule has 174 valence electrons. The highest BCUT2D eigenvalue weighted by Crippen LogP contribution is 2.32. The van der Waals surface area contributed by atoms with Crippen molar-refractivity contribution in [2.24, 2.45) is 0 Å². The summed E-state index contributed by atoms with van der Waals surface area (Å²) in [6, 6.07) is 9.97. The number of carbonyl (C=O) groups excluding carboxylic acids is 2. The van der Waals surface area contributed by atoms with Crippen LogP contribution in [-0.2, 0) is 11.3 Å². The summed E-state index contributed by atoms with van der Waals surface area (Å²) < 4.78 is 1.87. The summed E-state index contributed by atoms with van der Waals surface area (Å²) in [6.07, 6.45) is 0. The van der Waals surface area contributed by atoms with Crippen molar-refractivity contribution >= 4 is 64.1 Å². The molecule has 2 amide bonds. The molecular formula is C22H22Cl3N5O2S. The Kier molecular flexibility index (Phi) is 8.64. The number of aryl methyl sites for hydroxylation is 1. The van der Waals surface area contributed by atoms with E-state index in [1.54, 1.807) is 6.07 Å². The summed E-state index contributed by atoms with van der Waals surface area (Å²) in [5.41, 5.74) is 1.96. The van der Waals surface area contributed by atoms with Gasteiger partial charge >= 0.3 is 0 Å². The van der Waals surface area contributed by atoms with E-state index in [-0.39, 0.29) is 23.6 Å². The average Bonchev–Trinajstić information content (AvgIpc) is 3.19. The molecule has 2 N–H and O–H groups in total. The highest BCUT2D eigenvalue weighted by molar-refractivity contribution is 7.99. The Morgan fingerprint density at radius 2 is 1.82 bits per heavy atom. The topological polar surface area (TPSA) is 88.9 Å². The van der Waals surface area contributed by atoms with Crippen LogP contribution in [0, 0.1) is 6.92 Å². The second-order valence-electron chi connectivity index (χ2n) is 7.23. The Hall–Kier alpha value is -2.26. The maximum Gasteiger partial charge on any atom is 0.251 e. The first-order chi connectivity index (χ1) is 15.7. The lowest BCUT2D eigenvalue weighted by atomic mass is 10.1. The van der Waals surface area contributed by atoms with Crippen LogP contribution >= 0.6 is 46.6 Å². The van der Waals surface area contributed by atoms with Gasteiger partial charge in [-0.2, -0.15) is 0 Å². The first-order valence-corrected chi connectivity index (χ1v) is 12.2. The maximum atomic E-state index is 12.6. The van der Waals surface area contributed by atoms with Crippen LogP contribution < -0.4 is 10.6 Å². The van der Waals surface area contributed by atoms with E-state index in [2.05, 4.69) is 20.8 Å². The van der Waals surface area contributed by atoms with Gasteiger partial charge in [0.25, 0.3) is 5.91 Å². The molecule has 33 heavy (non-hydrogen) atoms. The standard InChI is InChI=1S/C22H22Cl3N5O2S/c1-4-30-20(13(3)26-21(32)14-7-5-6-12(2)8-14)28-29-22(30)33-11-19(31)27-18-10-16(24)15(23)9-17(18)25/h5-10,13H,4,11H2,1-3H3,(H,26,32)(H,27,31)/t13-/m0/s1. The van der Waals surface area contributed by atoms with Crippen molar-refractivity contribution in [1.82, 2.24) is 20.1 Å². The molecule has 1 heterocycles. The quantitative estimate of drug-likeness (QED) is 0.286. The molecule has 3 aromatic rings. The molecule has 0 aliphatic carbocycles. The molecule has 1 aromatic heterocycles. The SMILES string of the molecule is CCn1c(SCC(=O)Nc2cc(Cl)c(Cl)cc2Cl)nnc1[C@H](C)NC(=O)c1cccc(C)c1. The van der Waals surface area contributed by atoms with Crippen molar-refractivity contribution in [3.05, 3.63) is 68.4 Å². The van der Waals surface area contributed by atoms with Gasteiger partial charge in [-0.1, -0.05) is 64.3 Å². The molecular weight excluding hydrogens is 505 g/mol. The molecule has 2 aromatic carbocycles. The van der Waals surface area contributed by atoms with E-state index in [1.165, 1.54) is 23.9 Å². The second kappa shape index (κ2) is 11.2. The number of halogens is 3. The van der Waals surface area contributed by atoms with Crippen LogP contribution in [0.15, 0.2) is 41.6 Å². The highest BCUT2D eigenvalue weighted by atomic mass is 35.5. The third kappa shape index (κ3) is 6.41. The van der Waals surface area contributed by atoms with Crippen LogP contribution in [0.25, 0.3) is 0 Å². The van der Waals surface area contributed by atoms with Gasteiger partial charge < -0.3 is 15.2 Å². The molecule has 0 fully saturated rings.